The summed E-state index contributed by atoms with van der Waals surface area (Å²) in [6.07, 6.45) is 3.36. The van der Waals surface area contributed by atoms with Crippen molar-refractivity contribution < 1.29 is 19.6 Å². The average molecular weight is 300 g/mol. The highest BCUT2D eigenvalue weighted by Gasteiger charge is 2.63. The standard InChI is InChI=1S/C14H12N4O4/c19-10(20)6-5-8-3-1-2-4-9(8)14-17-11-12(18(14)22-17)15-7-16-13(11)21/h1-7,11-12,14H,(H,19,20)(H,15,16,21). The molecule has 8 nitrogen and oxygen atoms in total. The van der Waals surface area contributed by atoms with E-state index in [1.165, 1.54) is 12.4 Å². The molecule has 5 unspecified atom stereocenters. The fourth-order valence-corrected chi connectivity index (χ4v) is 2.93. The molecule has 5 atom stereocenters. The Kier molecular flexibility index (Phi) is 2.83. The number of amides is 1. The third-order valence-electron chi connectivity index (χ3n) is 3.87. The molecule has 1 aromatic carbocycles. The van der Waals surface area contributed by atoms with E-state index in [1.54, 1.807) is 10.1 Å². The zero-order chi connectivity index (χ0) is 15.3. The quantitative estimate of drug-likeness (QED) is 0.770. The second-order valence-electron chi connectivity index (χ2n) is 5.12. The third-order valence-corrected chi connectivity index (χ3v) is 3.87. The summed E-state index contributed by atoms with van der Waals surface area (Å²) in [6, 6.07) is 6.90. The zero-order valence-electron chi connectivity index (χ0n) is 11.3. The van der Waals surface area contributed by atoms with Crippen LogP contribution in [0.2, 0.25) is 0 Å². The maximum Gasteiger partial charge on any atom is 0.328 e. The summed E-state index contributed by atoms with van der Waals surface area (Å²) < 4.78 is 0. The van der Waals surface area contributed by atoms with Gasteiger partial charge in [0.1, 0.15) is 6.17 Å². The van der Waals surface area contributed by atoms with E-state index in [0.29, 0.717) is 0 Å². The Labute approximate surface area is 125 Å². The fraction of sp³-hybridized carbons (Fsp3) is 0.214. The van der Waals surface area contributed by atoms with Crippen molar-refractivity contribution >= 4 is 24.3 Å². The highest BCUT2D eigenvalue weighted by molar-refractivity contribution is 5.94. The molecule has 3 aliphatic rings. The van der Waals surface area contributed by atoms with Crippen molar-refractivity contribution in [2.45, 2.75) is 18.4 Å². The van der Waals surface area contributed by atoms with Gasteiger partial charge in [-0.05, 0) is 17.2 Å². The first-order valence-corrected chi connectivity index (χ1v) is 6.73. The van der Waals surface area contributed by atoms with E-state index in [-0.39, 0.29) is 18.2 Å². The summed E-state index contributed by atoms with van der Waals surface area (Å²) in [4.78, 5) is 32.4. The number of hydroxylamine groups is 4. The van der Waals surface area contributed by atoms with E-state index >= 15 is 0 Å². The third kappa shape index (κ3) is 1.78. The zero-order valence-corrected chi connectivity index (χ0v) is 11.3. The first kappa shape index (κ1) is 13.1. The molecule has 0 aliphatic carbocycles. The van der Waals surface area contributed by atoms with E-state index in [2.05, 4.69) is 10.3 Å². The molecule has 112 valence electrons. The van der Waals surface area contributed by atoms with E-state index in [0.717, 1.165) is 17.2 Å². The Morgan fingerprint density at radius 1 is 1.36 bits per heavy atom. The Morgan fingerprint density at radius 3 is 2.95 bits per heavy atom. The number of aliphatic imine (C=N–C) groups is 1. The number of fused-ring (bicyclic) bond motifs is 5. The second-order valence-corrected chi connectivity index (χ2v) is 5.12. The maximum atomic E-state index is 11.9. The van der Waals surface area contributed by atoms with E-state index in [9.17, 15) is 9.59 Å². The number of benzene rings is 1. The largest absolute Gasteiger partial charge is 0.478 e. The van der Waals surface area contributed by atoms with Gasteiger partial charge in [-0.15, -0.1) is 10.1 Å². The number of rotatable bonds is 3. The van der Waals surface area contributed by atoms with Crippen LogP contribution >= 0.6 is 0 Å². The fourth-order valence-electron chi connectivity index (χ4n) is 2.93. The van der Waals surface area contributed by atoms with Crippen molar-refractivity contribution in [3.8, 4) is 0 Å². The number of carbonyl (C=O) groups excluding carboxylic acids is 1. The molecule has 0 radical (unpaired) electrons. The highest BCUT2D eigenvalue weighted by Crippen LogP contribution is 2.49. The van der Waals surface area contributed by atoms with Crippen molar-refractivity contribution in [3.05, 3.63) is 41.5 Å². The van der Waals surface area contributed by atoms with Crippen LogP contribution in [0.4, 0.5) is 0 Å². The number of carboxylic acids is 1. The lowest BCUT2D eigenvalue weighted by Gasteiger charge is -2.40. The number of hydrogen-bond acceptors (Lipinski definition) is 6. The van der Waals surface area contributed by atoms with Gasteiger partial charge in [0.15, 0.2) is 12.2 Å². The molecule has 0 aromatic heterocycles. The van der Waals surface area contributed by atoms with Gasteiger partial charge in [-0.3, -0.25) is 9.79 Å². The summed E-state index contributed by atoms with van der Waals surface area (Å²) in [5.41, 5.74) is 1.62. The normalized spacial score (nSPS) is 35.1. The lowest BCUT2D eigenvalue weighted by Crippen LogP contribution is -2.49. The number of hydrogen-bond donors (Lipinski definition) is 2. The van der Waals surface area contributed by atoms with Crippen molar-refractivity contribution in [2.75, 3.05) is 0 Å². The summed E-state index contributed by atoms with van der Waals surface area (Å²) in [6.45, 7) is 0. The first-order chi connectivity index (χ1) is 10.7. The van der Waals surface area contributed by atoms with Crippen LogP contribution in [0.25, 0.3) is 6.08 Å². The second kappa shape index (κ2) is 4.73. The van der Waals surface area contributed by atoms with Gasteiger partial charge in [0, 0.05) is 6.08 Å². The minimum atomic E-state index is -1.01. The van der Waals surface area contributed by atoms with E-state index in [4.69, 9.17) is 10.0 Å². The minimum Gasteiger partial charge on any atom is -0.478 e. The molecule has 3 heterocycles. The van der Waals surface area contributed by atoms with Crippen LogP contribution in [0.3, 0.4) is 0 Å². The smallest absolute Gasteiger partial charge is 0.328 e. The minimum absolute atomic E-state index is 0.163. The molecular weight excluding hydrogens is 288 g/mol. The molecule has 22 heavy (non-hydrogen) atoms. The summed E-state index contributed by atoms with van der Waals surface area (Å²) >= 11 is 0. The average Bonchev–Trinajstić information content (AvgIpc) is 3.01. The van der Waals surface area contributed by atoms with Gasteiger partial charge in [-0.2, -0.15) is 0 Å². The van der Waals surface area contributed by atoms with Gasteiger partial charge in [0.25, 0.3) is 0 Å². The molecule has 0 saturated carbocycles. The van der Waals surface area contributed by atoms with Crippen LogP contribution in [-0.4, -0.2) is 45.7 Å². The predicted octanol–water partition coefficient (Wildman–Crippen LogP) is 0.114. The van der Waals surface area contributed by atoms with E-state index < -0.39 is 12.0 Å². The lowest BCUT2D eigenvalue weighted by molar-refractivity contribution is -0.448. The number of nitrogens with zero attached hydrogens (tertiary/aromatic N) is 3. The summed E-state index contributed by atoms with van der Waals surface area (Å²) in [5.74, 6) is -1.18. The SMILES string of the molecule is O=C(O)C=Cc1ccccc1C1N2ON1C1C(=O)NC=NC12. The maximum absolute atomic E-state index is 11.9. The summed E-state index contributed by atoms with van der Waals surface area (Å²) in [7, 11) is 0. The van der Waals surface area contributed by atoms with Gasteiger partial charge in [-0.1, -0.05) is 24.3 Å². The number of nitrogens with one attached hydrogen (secondary N) is 1. The molecular formula is C14H12N4O4. The Bertz CT molecular complexity index is 717. The molecule has 2 saturated heterocycles. The number of carbonyl (C=O) groups is 2. The van der Waals surface area contributed by atoms with Gasteiger partial charge in [0.05, 0.1) is 6.34 Å². The first-order valence-electron chi connectivity index (χ1n) is 6.73. The molecule has 3 aliphatic heterocycles. The number of carboxylic acid groups (broad SMARTS) is 1. The van der Waals surface area contributed by atoms with Gasteiger partial charge in [0.2, 0.25) is 5.91 Å². The van der Waals surface area contributed by atoms with Crippen molar-refractivity contribution in [1.82, 2.24) is 15.4 Å². The monoisotopic (exact) mass is 300 g/mol. The molecule has 1 aromatic rings. The van der Waals surface area contributed by atoms with Crippen molar-refractivity contribution in [3.63, 3.8) is 0 Å². The Balaban J connectivity index is 1.69. The van der Waals surface area contributed by atoms with Crippen LogP contribution in [0.15, 0.2) is 35.3 Å². The van der Waals surface area contributed by atoms with Crippen molar-refractivity contribution in [1.29, 1.82) is 0 Å². The van der Waals surface area contributed by atoms with Crippen LogP contribution in [0.1, 0.15) is 17.3 Å². The molecule has 1 amide bonds. The van der Waals surface area contributed by atoms with Gasteiger partial charge < -0.3 is 10.4 Å². The van der Waals surface area contributed by atoms with Crippen LogP contribution in [0.5, 0.6) is 0 Å². The topological polar surface area (TPSA) is 94.5 Å². The van der Waals surface area contributed by atoms with Crippen molar-refractivity contribution in [2.24, 2.45) is 4.99 Å². The molecule has 2 fully saturated rings. The van der Waals surface area contributed by atoms with E-state index in [1.807, 2.05) is 24.3 Å². The van der Waals surface area contributed by atoms with Crippen LogP contribution < -0.4 is 5.32 Å². The Hall–Kier alpha value is -2.55. The van der Waals surface area contributed by atoms with Crippen LogP contribution in [-0.2, 0) is 14.5 Å². The summed E-state index contributed by atoms with van der Waals surface area (Å²) in [5, 5.41) is 14.6. The molecule has 8 heteroatoms. The molecule has 2 bridgehead atoms. The van der Waals surface area contributed by atoms with Crippen LogP contribution in [0, 0.1) is 0 Å². The predicted molar refractivity (Wildman–Crippen MR) is 74.8 cm³/mol. The Morgan fingerprint density at radius 2 is 2.18 bits per heavy atom. The molecule has 4 rings (SSSR count). The lowest BCUT2D eigenvalue weighted by atomic mass is 10.0. The molecule has 2 N–H and O–H groups in total. The highest BCUT2D eigenvalue weighted by atomic mass is 16.9. The number of aliphatic carboxylic acids is 1. The van der Waals surface area contributed by atoms with Gasteiger partial charge >= 0.3 is 5.97 Å². The molecule has 0 spiro atoms. The van der Waals surface area contributed by atoms with Gasteiger partial charge in [-0.25, -0.2) is 9.73 Å².